The Bertz CT molecular complexity index is 961. The van der Waals surface area contributed by atoms with E-state index in [1.807, 2.05) is 36.0 Å². The van der Waals surface area contributed by atoms with E-state index < -0.39 is 5.41 Å². The average molecular weight is 521 g/mol. The van der Waals surface area contributed by atoms with E-state index in [9.17, 15) is 4.79 Å². The fourth-order valence-corrected chi connectivity index (χ4v) is 6.86. The van der Waals surface area contributed by atoms with Gasteiger partial charge < -0.3 is 4.90 Å². The molecule has 0 aliphatic carbocycles. The molecule has 0 N–H and O–H groups in total. The predicted molar refractivity (Wildman–Crippen MR) is 149 cm³/mol. The number of hydrogen-bond acceptors (Lipinski definition) is 2. The van der Waals surface area contributed by atoms with Gasteiger partial charge in [0.1, 0.15) is 0 Å². The van der Waals surface area contributed by atoms with E-state index in [0.717, 1.165) is 35.6 Å². The van der Waals surface area contributed by atoms with Crippen molar-refractivity contribution < 1.29 is 4.79 Å². The van der Waals surface area contributed by atoms with Crippen LogP contribution in [0.5, 0.6) is 0 Å². The lowest BCUT2D eigenvalue weighted by molar-refractivity contribution is -0.155. The van der Waals surface area contributed by atoms with Gasteiger partial charge in [0.2, 0.25) is 5.91 Å². The van der Waals surface area contributed by atoms with Crippen molar-refractivity contribution in [1.82, 2.24) is 4.90 Å². The molecular formula is C29H39Cl2NOS. The van der Waals surface area contributed by atoms with Crippen molar-refractivity contribution in [3.8, 4) is 0 Å². The lowest BCUT2D eigenvalue weighted by Crippen LogP contribution is -2.57. The monoisotopic (exact) mass is 519 g/mol. The van der Waals surface area contributed by atoms with Crippen LogP contribution < -0.4 is 0 Å². The molecule has 0 aromatic heterocycles. The minimum absolute atomic E-state index is 0.0617. The predicted octanol–water partition coefficient (Wildman–Crippen LogP) is 9.02. The number of amides is 1. The summed E-state index contributed by atoms with van der Waals surface area (Å²) in [6.07, 6.45) is 2.68. The van der Waals surface area contributed by atoms with Gasteiger partial charge in [-0.15, -0.1) is 0 Å². The number of rotatable bonds is 9. The Morgan fingerprint density at radius 3 is 2.26 bits per heavy atom. The zero-order chi connectivity index (χ0) is 25.0. The maximum Gasteiger partial charge on any atom is 0.229 e. The zero-order valence-corrected chi connectivity index (χ0v) is 23.7. The molecule has 0 unspecified atom stereocenters. The number of benzene rings is 2. The van der Waals surface area contributed by atoms with Crippen LogP contribution >= 0.6 is 35.0 Å². The molecule has 1 aliphatic heterocycles. The van der Waals surface area contributed by atoms with Crippen molar-refractivity contribution in [2.75, 3.05) is 5.75 Å². The standard InChI is InChI=1S/C29H39Cl2NOS/c1-7-15-29(6)17-25(22-9-8-10-24(31)16-22)27(21-11-13-23(30)14-12-21)32(28(29)33)26(19(2)3)18-34-20(4)5/h8-14,16,19-20,25-27H,7,15,17-18H2,1-6H3/t25-,26-,27-,29+/m1/s1. The fraction of sp³-hybridized carbons (Fsp3) is 0.552. The number of nitrogens with zero attached hydrogens (tertiary/aromatic N) is 1. The van der Waals surface area contributed by atoms with E-state index in [1.54, 1.807) is 0 Å². The Labute approximate surface area is 220 Å². The largest absolute Gasteiger partial charge is 0.330 e. The van der Waals surface area contributed by atoms with Gasteiger partial charge in [-0.1, -0.05) is 95.4 Å². The van der Waals surface area contributed by atoms with Gasteiger partial charge in [0, 0.05) is 33.2 Å². The van der Waals surface area contributed by atoms with Crippen LogP contribution in [0.25, 0.3) is 0 Å². The maximum atomic E-state index is 14.4. The first-order valence-corrected chi connectivity index (χ1v) is 14.3. The first kappa shape index (κ1) is 27.4. The van der Waals surface area contributed by atoms with Gasteiger partial charge in [-0.3, -0.25) is 4.79 Å². The van der Waals surface area contributed by atoms with Crippen molar-refractivity contribution in [3.63, 3.8) is 0 Å². The number of likely N-dealkylation sites (tertiary alicyclic amines) is 1. The van der Waals surface area contributed by atoms with E-state index in [0.29, 0.717) is 16.2 Å². The van der Waals surface area contributed by atoms with Crippen LogP contribution in [0, 0.1) is 11.3 Å². The molecule has 1 amide bonds. The molecule has 186 valence electrons. The molecule has 34 heavy (non-hydrogen) atoms. The molecule has 5 heteroatoms. The molecule has 3 rings (SSSR count). The summed E-state index contributed by atoms with van der Waals surface area (Å²) in [4.78, 5) is 16.6. The summed E-state index contributed by atoms with van der Waals surface area (Å²) in [5, 5.41) is 1.97. The number of piperidine rings is 1. The molecule has 2 aromatic carbocycles. The second-order valence-corrected chi connectivity index (χ2v) is 13.1. The average Bonchev–Trinajstić information content (AvgIpc) is 2.77. The third-order valence-corrected chi connectivity index (χ3v) is 8.81. The molecule has 1 saturated heterocycles. The highest BCUT2D eigenvalue weighted by Gasteiger charge is 2.51. The van der Waals surface area contributed by atoms with Crippen LogP contribution in [0.15, 0.2) is 48.5 Å². The molecule has 1 heterocycles. The van der Waals surface area contributed by atoms with Crippen LogP contribution in [-0.2, 0) is 4.79 Å². The number of hydrogen-bond donors (Lipinski definition) is 0. The third kappa shape index (κ3) is 6.15. The molecule has 2 nitrogen and oxygen atoms in total. The van der Waals surface area contributed by atoms with Crippen molar-refractivity contribution >= 4 is 40.9 Å². The third-order valence-electron chi connectivity index (χ3n) is 7.12. The van der Waals surface area contributed by atoms with E-state index in [2.05, 4.69) is 70.7 Å². The van der Waals surface area contributed by atoms with E-state index >= 15 is 0 Å². The van der Waals surface area contributed by atoms with Crippen LogP contribution in [-0.4, -0.2) is 27.9 Å². The molecule has 0 bridgehead atoms. The molecule has 1 aliphatic rings. The van der Waals surface area contributed by atoms with Gasteiger partial charge in [0.05, 0.1) is 6.04 Å². The summed E-state index contributed by atoms with van der Waals surface area (Å²) >= 11 is 14.7. The maximum absolute atomic E-state index is 14.4. The minimum Gasteiger partial charge on any atom is -0.330 e. The molecular weight excluding hydrogens is 481 g/mol. The number of carbonyl (C=O) groups is 1. The summed E-state index contributed by atoms with van der Waals surface area (Å²) in [5.74, 6) is 1.71. The second-order valence-electron chi connectivity index (χ2n) is 10.6. The van der Waals surface area contributed by atoms with E-state index in [4.69, 9.17) is 23.2 Å². The Kier molecular flexibility index (Phi) is 9.45. The van der Waals surface area contributed by atoms with Gasteiger partial charge in [-0.05, 0) is 59.4 Å². The molecule has 4 atom stereocenters. The summed E-state index contributed by atoms with van der Waals surface area (Å²) < 4.78 is 0. The fourth-order valence-electron chi connectivity index (χ4n) is 5.41. The zero-order valence-electron chi connectivity index (χ0n) is 21.4. The molecule has 0 saturated carbocycles. The normalized spacial score (nSPS) is 24.2. The molecule has 0 radical (unpaired) electrons. The van der Waals surface area contributed by atoms with Crippen molar-refractivity contribution in [2.24, 2.45) is 11.3 Å². The van der Waals surface area contributed by atoms with Crippen LogP contribution in [0.3, 0.4) is 0 Å². The second kappa shape index (κ2) is 11.7. The Morgan fingerprint density at radius 1 is 1.03 bits per heavy atom. The van der Waals surface area contributed by atoms with Gasteiger partial charge in [-0.2, -0.15) is 11.8 Å². The first-order valence-electron chi connectivity index (χ1n) is 12.5. The van der Waals surface area contributed by atoms with Gasteiger partial charge in [-0.25, -0.2) is 0 Å². The molecule has 1 fully saturated rings. The van der Waals surface area contributed by atoms with Gasteiger partial charge in [0.25, 0.3) is 0 Å². The lowest BCUT2D eigenvalue weighted by atomic mass is 9.66. The van der Waals surface area contributed by atoms with Crippen molar-refractivity contribution in [1.29, 1.82) is 0 Å². The quantitative estimate of drug-likeness (QED) is 0.329. The Hall–Kier alpha value is -1.16. The summed E-state index contributed by atoms with van der Waals surface area (Å²) in [6, 6.07) is 16.4. The first-order chi connectivity index (χ1) is 16.1. The molecule has 2 aromatic rings. The topological polar surface area (TPSA) is 20.3 Å². The summed E-state index contributed by atoms with van der Waals surface area (Å²) in [6.45, 7) is 13.3. The van der Waals surface area contributed by atoms with Crippen molar-refractivity contribution in [3.05, 3.63) is 69.7 Å². The highest BCUT2D eigenvalue weighted by Crippen LogP contribution is 2.53. The number of halogens is 2. The van der Waals surface area contributed by atoms with E-state index in [-0.39, 0.29) is 23.9 Å². The van der Waals surface area contributed by atoms with Gasteiger partial charge >= 0.3 is 0 Å². The van der Waals surface area contributed by atoms with E-state index in [1.165, 1.54) is 5.56 Å². The SMILES string of the molecule is CCC[C@@]1(C)C[C@H](c2cccc(Cl)c2)[C@@H](c2ccc(Cl)cc2)N([C@H](CSC(C)C)C(C)C)C1=O. The minimum atomic E-state index is -0.402. The number of thioether (sulfide) groups is 1. The van der Waals surface area contributed by atoms with Crippen molar-refractivity contribution in [2.45, 2.75) is 84.1 Å². The van der Waals surface area contributed by atoms with Gasteiger partial charge in [0.15, 0.2) is 0 Å². The Balaban J connectivity index is 2.21. The summed E-state index contributed by atoms with van der Waals surface area (Å²) in [5.41, 5.74) is 1.94. The van der Waals surface area contributed by atoms with Crippen LogP contribution in [0.1, 0.15) is 83.9 Å². The Morgan fingerprint density at radius 2 is 1.71 bits per heavy atom. The highest BCUT2D eigenvalue weighted by atomic mass is 35.5. The highest BCUT2D eigenvalue weighted by molar-refractivity contribution is 7.99. The van der Waals surface area contributed by atoms with Crippen LogP contribution in [0.2, 0.25) is 10.0 Å². The molecule has 0 spiro atoms. The van der Waals surface area contributed by atoms with Crippen LogP contribution in [0.4, 0.5) is 0 Å². The lowest BCUT2D eigenvalue weighted by Gasteiger charge is -2.53. The smallest absolute Gasteiger partial charge is 0.229 e. The summed E-state index contributed by atoms with van der Waals surface area (Å²) in [7, 11) is 0. The number of carbonyl (C=O) groups excluding carboxylic acids is 1.